The lowest BCUT2D eigenvalue weighted by atomic mass is 10.2. The van der Waals surface area contributed by atoms with Gasteiger partial charge in [0.1, 0.15) is 0 Å². The van der Waals surface area contributed by atoms with Crippen molar-refractivity contribution >= 4 is 27.6 Å². The number of nitrogens with one attached hydrogen (secondary N) is 1. The number of nitrogens with zero attached hydrogens (tertiary/aromatic N) is 1. The van der Waals surface area contributed by atoms with Gasteiger partial charge >= 0.3 is 5.97 Å². The summed E-state index contributed by atoms with van der Waals surface area (Å²) in [5.74, 6) is -0.964. The zero-order valence-corrected chi connectivity index (χ0v) is 14.6. The quantitative estimate of drug-likeness (QED) is 0.759. The standard InChI is InChI=1S/C15H22N2O5S/c1-5-6-15(19)22-10-14(18)16-12-8-7-11(2)13(9-12)23(20,21)17(3)4/h7-9H,5-6,10H2,1-4H3,(H,16,18). The van der Waals surface area contributed by atoms with Gasteiger partial charge in [-0.15, -0.1) is 0 Å². The molecule has 1 aromatic carbocycles. The fourth-order valence-electron chi connectivity index (χ4n) is 1.77. The van der Waals surface area contributed by atoms with Gasteiger partial charge in [0.15, 0.2) is 6.61 Å². The predicted octanol–water partition coefficient (Wildman–Crippen LogP) is 1.53. The van der Waals surface area contributed by atoms with Crippen molar-refractivity contribution in [3.63, 3.8) is 0 Å². The van der Waals surface area contributed by atoms with Crippen molar-refractivity contribution in [1.29, 1.82) is 0 Å². The average Bonchev–Trinajstić information content (AvgIpc) is 2.47. The molecule has 0 atom stereocenters. The van der Waals surface area contributed by atoms with Crippen LogP contribution >= 0.6 is 0 Å². The number of rotatable bonds is 7. The number of ether oxygens (including phenoxy) is 1. The SMILES string of the molecule is CCCC(=O)OCC(=O)Nc1ccc(C)c(S(=O)(=O)N(C)C)c1. The Hall–Kier alpha value is -1.93. The second-order valence-corrected chi connectivity index (χ2v) is 7.35. The highest BCUT2D eigenvalue weighted by Gasteiger charge is 2.20. The predicted molar refractivity (Wildman–Crippen MR) is 86.5 cm³/mol. The molecule has 0 saturated heterocycles. The maximum absolute atomic E-state index is 12.2. The van der Waals surface area contributed by atoms with Crippen LogP contribution in [0.25, 0.3) is 0 Å². The van der Waals surface area contributed by atoms with Crippen molar-refractivity contribution in [2.24, 2.45) is 0 Å². The monoisotopic (exact) mass is 342 g/mol. The number of carbonyl (C=O) groups excluding carboxylic acids is 2. The summed E-state index contributed by atoms with van der Waals surface area (Å²) in [5, 5.41) is 2.52. The first-order chi connectivity index (χ1) is 10.7. The van der Waals surface area contributed by atoms with Crippen LogP contribution in [-0.4, -0.2) is 45.3 Å². The zero-order chi connectivity index (χ0) is 17.6. The Labute approximate surface area is 136 Å². The normalized spacial score (nSPS) is 11.3. The molecule has 0 unspecified atom stereocenters. The second-order valence-electron chi connectivity index (χ2n) is 5.23. The highest BCUT2D eigenvalue weighted by atomic mass is 32.2. The minimum absolute atomic E-state index is 0.114. The highest BCUT2D eigenvalue weighted by molar-refractivity contribution is 7.89. The van der Waals surface area contributed by atoms with Gasteiger partial charge in [0.25, 0.3) is 5.91 Å². The maximum Gasteiger partial charge on any atom is 0.306 e. The molecule has 0 fully saturated rings. The minimum Gasteiger partial charge on any atom is -0.456 e. The van der Waals surface area contributed by atoms with Gasteiger partial charge in [-0.05, 0) is 31.0 Å². The van der Waals surface area contributed by atoms with Gasteiger partial charge in [-0.1, -0.05) is 13.0 Å². The summed E-state index contributed by atoms with van der Waals surface area (Å²) in [6, 6.07) is 4.58. The van der Waals surface area contributed by atoms with Gasteiger partial charge in [-0.25, -0.2) is 12.7 Å². The van der Waals surface area contributed by atoms with E-state index in [2.05, 4.69) is 5.32 Å². The van der Waals surface area contributed by atoms with E-state index < -0.39 is 28.5 Å². The highest BCUT2D eigenvalue weighted by Crippen LogP contribution is 2.22. The number of anilines is 1. The van der Waals surface area contributed by atoms with E-state index in [1.165, 1.54) is 20.2 Å². The third kappa shape index (κ3) is 5.33. The molecule has 1 rings (SSSR count). The second kappa shape index (κ2) is 8.07. The number of hydrogen-bond donors (Lipinski definition) is 1. The molecule has 1 N–H and O–H groups in total. The van der Waals surface area contributed by atoms with E-state index in [0.29, 0.717) is 17.7 Å². The molecule has 0 heterocycles. The topological polar surface area (TPSA) is 92.8 Å². The molecule has 0 aliphatic heterocycles. The van der Waals surface area contributed by atoms with Crippen LogP contribution < -0.4 is 5.32 Å². The average molecular weight is 342 g/mol. The number of hydrogen-bond acceptors (Lipinski definition) is 5. The van der Waals surface area contributed by atoms with Crippen molar-refractivity contribution in [3.8, 4) is 0 Å². The van der Waals surface area contributed by atoms with E-state index in [1.807, 2.05) is 6.92 Å². The van der Waals surface area contributed by atoms with E-state index in [0.717, 1.165) is 4.31 Å². The van der Waals surface area contributed by atoms with E-state index >= 15 is 0 Å². The number of aryl methyl sites for hydroxylation is 1. The summed E-state index contributed by atoms with van der Waals surface area (Å²) in [5.41, 5.74) is 0.902. The fourth-order valence-corrected chi connectivity index (χ4v) is 2.92. The lowest BCUT2D eigenvalue weighted by Crippen LogP contribution is -2.24. The first-order valence-corrected chi connectivity index (χ1v) is 8.61. The van der Waals surface area contributed by atoms with Crippen LogP contribution in [0.2, 0.25) is 0 Å². The van der Waals surface area contributed by atoms with E-state index in [4.69, 9.17) is 4.74 Å². The lowest BCUT2D eigenvalue weighted by Gasteiger charge is -2.15. The Balaban J connectivity index is 2.83. The molecule has 0 saturated carbocycles. The van der Waals surface area contributed by atoms with Crippen molar-refractivity contribution in [3.05, 3.63) is 23.8 Å². The number of carbonyl (C=O) groups is 2. The Kier molecular flexibility index (Phi) is 6.71. The van der Waals surface area contributed by atoms with Crippen molar-refractivity contribution < 1.29 is 22.7 Å². The minimum atomic E-state index is -3.60. The van der Waals surface area contributed by atoms with Crippen molar-refractivity contribution in [1.82, 2.24) is 4.31 Å². The van der Waals surface area contributed by atoms with Crippen molar-refractivity contribution in [2.75, 3.05) is 26.0 Å². The molecule has 1 aromatic rings. The third-order valence-corrected chi connectivity index (χ3v) is 5.01. The summed E-state index contributed by atoms with van der Waals surface area (Å²) in [4.78, 5) is 23.1. The Morgan fingerprint density at radius 3 is 2.48 bits per heavy atom. The summed E-state index contributed by atoms with van der Waals surface area (Å²) in [6.07, 6.45) is 0.896. The number of esters is 1. The van der Waals surface area contributed by atoms with Crippen LogP contribution in [0.15, 0.2) is 23.1 Å². The third-order valence-electron chi connectivity index (χ3n) is 3.05. The molecule has 0 aliphatic rings. The van der Waals surface area contributed by atoms with Crippen LogP contribution in [0.3, 0.4) is 0 Å². The molecular weight excluding hydrogens is 320 g/mol. The molecule has 0 spiro atoms. The van der Waals surface area contributed by atoms with Crippen LogP contribution in [-0.2, 0) is 24.3 Å². The Bertz CT molecular complexity index is 683. The smallest absolute Gasteiger partial charge is 0.306 e. The zero-order valence-electron chi connectivity index (χ0n) is 13.8. The van der Waals surface area contributed by atoms with Gasteiger partial charge in [0.05, 0.1) is 4.90 Å². The van der Waals surface area contributed by atoms with E-state index in [1.54, 1.807) is 19.1 Å². The molecule has 23 heavy (non-hydrogen) atoms. The van der Waals surface area contributed by atoms with E-state index in [9.17, 15) is 18.0 Å². The summed E-state index contributed by atoms with van der Waals surface area (Å²) in [7, 11) is -0.727. The van der Waals surface area contributed by atoms with Crippen LogP contribution in [0, 0.1) is 6.92 Å². The van der Waals surface area contributed by atoms with Crippen LogP contribution in [0.4, 0.5) is 5.69 Å². The number of amides is 1. The number of benzene rings is 1. The van der Waals surface area contributed by atoms with Crippen LogP contribution in [0.1, 0.15) is 25.3 Å². The van der Waals surface area contributed by atoms with Gasteiger partial charge in [0.2, 0.25) is 10.0 Å². The molecule has 0 aromatic heterocycles. The largest absolute Gasteiger partial charge is 0.456 e. The molecular formula is C15H22N2O5S. The van der Waals surface area contributed by atoms with Gasteiger partial charge in [0, 0.05) is 26.2 Å². The van der Waals surface area contributed by atoms with Gasteiger partial charge in [-0.3, -0.25) is 9.59 Å². The molecule has 7 nitrogen and oxygen atoms in total. The summed E-state index contributed by atoms with van der Waals surface area (Å²) < 4.78 is 30.3. The molecule has 128 valence electrons. The number of sulfonamides is 1. The first kappa shape index (κ1) is 19.1. The summed E-state index contributed by atoms with van der Waals surface area (Å²) >= 11 is 0. The lowest BCUT2D eigenvalue weighted by molar-refractivity contribution is -0.147. The van der Waals surface area contributed by atoms with Gasteiger partial charge in [-0.2, -0.15) is 0 Å². The molecule has 0 aliphatic carbocycles. The van der Waals surface area contributed by atoms with E-state index in [-0.39, 0.29) is 11.3 Å². The van der Waals surface area contributed by atoms with Crippen molar-refractivity contribution in [2.45, 2.75) is 31.6 Å². The Morgan fingerprint density at radius 1 is 1.26 bits per heavy atom. The van der Waals surface area contributed by atoms with Crippen LogP contribution in [0.5, 0.6) is 0 Å². The fraction of sp³-hybridized carbons (Fsp3) is 0.467. The maximum atomic E-state index is 12.2. The molecule has 1 amide bonds. The molecule has 8 heteroatoms. The van der Waals surface area contributed by atoms with Gasteiger partial charge < -0.3 is 10.1 Å². The molecule has 0 bridgehead atoms. The Morgan fingerprint density at radius 2 is 1.91 bits per heavy atom. The first-order valence-electron chi connectivity index (χ1n) is 7.17. The molecule has 0 radical (unpaired) electrons. The summed E-state index contributed by atoms with van der Waals surface area (Å²) in [6.45, 7) is 3.11.